The van der Waals surface area contributed by atoms with E-state index >= 15 is 0 Å². The summed E-state index contributed by atoms with van der Waals surface area (Å²) in [6.07, 6.45) is -2.67. The Kier molecular flexibility index (Phi) is 6.00. The predicted octanol–water partition coefficient (Wildman–Crippen LogP) is 1.30. The Balaban J connectivity index is 4.24. The minimum absolute atomic E-state index is 0.0421. The second-order valence-corrected chi connectivity index (χ2v) is 3.07. The molecule has 3 nitrogen and oxygen atoms in total. The molecule has 0 radical (unpaired) electrons. The van der Waals surface area contributed by atoms with Gasteiger partial charge in [0, 0.05) is 13.0 Å². The fraction of sp³-hybridized carbons (Fsp3) is 0.667. The maximum Gasteiger partial charge on any atom is 0.406 e. The molecule has 0 aromatic rings. The molecule has 0 aliphatic heterocycles. The molecule has 0 fully saturated rings. The summed E-state index contributed by atoms with van der Waals surface area (Å²) in [5, 5.41) is 0. The molecule has 0 unspecified atom stereocenters. The van der Waals surface area contributed by atoms with Crippen LogP contribution in [-0.4, -0.2) is 36.6 Å². The van der Waals surface area contributed by atoms with Gasteiger partial charge in [-0.3, -0.25) is 4.79 Å². The second-order valence-electron chi connectivity index (χ2n) is 3.07. The number of amides is 1. The van der Waals surface area contributed by atoms with Crippen molar-refractivity contribution in [2.45, 2.75) is 19.0 Å². The third-order valence-corrected chi connectivity index (χ3v) is 1.67. The van der Waals surface area contributed by atoms with Crippen LogP contribution in [-0.2, 0) is 4.79 Å². The van der Waals surface area contributed by atoms with Crippen molar-refractivity contribution < 1.29 is 18.0 Å². The maximum absolute atomic E-state index is 12.1. The quantitative estimate of drug-likeness (QED) is 0.691. The number of hydrogen-bond acceptors (Lipinski definition) is 2. The summed E-state index contributed by atoms with van der Waals surface area (Å²) in [4.78, 5) is 12.0. The van der Waals surface area contributed by atoms with Crippen molar-refractivity contribution in [2.75, 3.05) is 19.6 Å². The summed E-state index contributed by atoms with van der Waals surface area (Å²) in [7, 11) is 0. The number of halogens is 3. The Morgan fingerprint density at radius 2 is 2.07 bits per heavy atom. The normalized spacial score (nSPS) is 11.2. The molecule has 0 spiro atoms. The van der Waals surface area contributed by atoms with Crippen LogP contribution in [0.15, 0.2) is 12.7 Å². The average molecular weight is 224 g/mol. The Labute approximate surface area is 86.7 Å². The number of alkyl halides is 3. The zero-order valence-corrected chi connectivity index (χ0v) is 8.39. The van der Waals surface area contributed by atoms with Crippen LogP contribution in [0.2, 0.25) is 0 Å². The van der Waals surface area contributed by atoms with Crippen molar-refractivity contribution in [2.24, 2.45) is 5.73 Å². The first kappa shape index (κ1) is 14.0. The van der Waals surface area contributed by atoms with Crippen molar-refractivity contribution in [1.29, 1.82) is 0 Å². The first-order valence-electron chi connectivity index (χ1n) is 4.56. The lowest BCUT2D eigenvalue weighted by atomic mass is 10.2. The molecule has 0 aromatic carbocycles. The van der Waals surface area contributed by atoms with Gasteiger partial charge in [0.2, 0.25) is 5.91 Å². The highest BCUT2D eigenvalue weighted by Crippen LogP contribution is 2.17. The van der Waals surface area contributed by atoms with E-state index in [1.54, 1.807) is 0 Å². The molecule has 0 aliphatic rings. The molecule has 2 N–H and O–H groups in total. The number of carbonyl (C=O) groups excluding carboxylic acids is 1. The van der Waals surface area contributed by atoms with E-state index in [0.29, 0.717) is 13.0 Å². The van der Waals surface area contributed by atoms with Gasteiger partial charge in [0.1, 0.15) is 6.54 Å². The molecule has 0 bridgehead atoms. The zero-order chi connectivity index (χ0) is 11.9. The number of hydrogen-bond donors (Lipinski definition) is 1. The van der Waals surface area contributed by atoms with Crippen LogP contribution < -0.4 is 5.73 Å². The fourth-order valence-corrected chi connectivity index (χ4v) is 1.04. The maximum atomic E-state index is 12.1. The van der Waals surface area contributed by atoms with Crippen molar-refractivity contribution in [3.05, 3.63) is 12.7 Å². The lowest BCUT2D eigenvalue weighted by Crippen LogP contribution is -2.39. The molecule has 0 atom stereocenters. The van der Waals surface area contributed by atoms with Crippen molar-refractivity contribution in [3.63, 3.8) is 0 Å². The SMILES string of the molecule is C=CCN(CC(F)(F)F)C(=O)CCCN. The van der Waals surface area contributed by atoms with Gasteiger partial charge in [0.15, 0.2) is 0 Å². The lowest BCUT2D eigenvalue weighted by molar-refractivity contribution is -0.160. The molecule has 0 saturated heterocycles. The zero-order valence-electron chi connectivity index (χ0n) is 8.39. The van der Waals surface area contributed by atoms with Crippen molar-refractivity contribution >= 4 is 5.91 Å². The molecular weight excluding hydrogens is 209 g/mol. The highest BCUT2D eigenvalue weighted by molar-refractivity contribution is 5.76. The van der Waals surface area contributed by atoms with E-state index in [-0.39, 0.29) is 13.0 Å². The Hall–Kier alpha value is -1.04. The summed E-state index contributed by atoms with van der Waals surface area (Å²) in [5.74, 6) is -0.544. The van der Waals surface area contributed by atoms with Gasteiger partial charge in [0.25, 0.3) is 0 Å². The molecule has 0 rings (SSSR count). The van der Waals surface area contributed by atoms with E-state index in [9.17, 15) is 18.0 Å². The fourth-order valence-electron chi connectivity index (χ4n) is 1.04. The summed E-state index contributed by atoms with van der Waals surface area (Å²) < 4.78 is 36.2. The number of carbonyl (C=O) groups is 1. The first-order chi connectivity index (χ1) is 6.90. The van der Waals surface area contributed by atoms with E-state index in [1.807, 2.05) is 0 Å². The third kappa shape index (κ3) is 6.96. The number of rotatable bonds is 6. The summed E-state index contributed by atoms with van der Waals surface area (Å²) in [6, 6.07) is 0. The standard InChI is InChI=1S/C9H15F3N2O/c1-2-6-14(7-9(10,11)12)8(15)4-3-5-13/h2H,1,3-7,13H2. The van der Waals surface area contributed by atoms with Crippen LogP contribution in [0.4, 0.5) is 13.2 Å². The molecule has 0 heterocycles. The molecule has 6 heteroatoms. The first-order valence-corrected chi connectivity index (χ1v) is 4.56. The van der Waals surface area contributed by atoms with Crippen LogP contribution in [0.5, 0.6) is 0 Å². The molecule has 0 aromatic heterocycles. The van der Waals surface area contributed by atoms with Gasteiger partial charge in [-0.2, -0.15) is 13.2 Å². The van der Waals surface area contributed by atoms with Crippen LogP contribution >= 0.6 is 0 Å². The van der Waals surface area contributed by atoms with Gasteiger partial charge >= 0.3 is 6.18 Å². The topological polar surface area (TPSA) is 46.3 Å². The minimum atomic E-state index is -4.37. The van der Waals surface area contributed by atoms with Gasteiger partial charge in [-0.15, -0.1) is 6.58 Å². The molecule has 15 heavy (non-hydrogen) atoms. The van der Waals surface area contributed by atoms with Gasteiger partial charge in [0.05, 0.1) is 0 Å². The van der Waals surface area contributed by atoms with Gasteiger partial charge in [-0.05, 0) is 13.0 Å². The molecular formula is C9H15F3N2O. The molecule has 88 valence electrons. The van der Waals surface area contributed by atoms with E-state index in [4.69, 9.17) is 5.73 Å². The molecule has 1 amide bonds. The third-order valence-electron chi connectivity index (χ3n) is 1.67. The Bertz CT molecular complexity index is 216. The highest BCUT2D eigenvalue weighted by atomic mass is 19.4. The largest absolute Gasteiger partial charge is 0.406 e. The van der Waals surface area contributed by atoms with Gasteiger partial charge in [-0.1, -0.05) is 6.08 Å². The Morgan fingerprint density at radius 1 is 1.47 bits per heavy atom. The van der Waals surface area contributed by atoms with Crippen LogP contribution in [0, 0.1) is 0 Å². The van der Waals surface area contributed by atoms with E-state index < -0.39 is 18.6 Å². The van der Waals surface area contributed by atoms with Crippen LogP contribution in [0.1, 0.15) is 12.8 Å². The van der Waals surface area contributed by atoms with Crippen LogP contribution in [0.3, 0.4) is 0 Å². The lowest BCUT2D eigenvalue weighted by Gasteiger charge is -2.22. The average Bonchev–Trinajstić information content (AvgIpc) is 2.11. The van der Waals surface area contributed by atoms with Gasteiger partial charge in [-0.25, -0.2) is 0 Å². The monoisotopic (exact) mass is 224 g/mol. The summed E-state index contributed by atoms with van der Waals surface area (Å²) >= 11 is 0. The molecule has 0 aliphatic carbocycles. The molecule has 0 saturated carbocycles. The smallest absolute Gasteiger partial charge is 0.330 e. The van der Waals surface area contributed by atoms with Gasteiger partial charge < -0.3 is 10.6 Å². The number of nitrogens with zero attached hydrogens (tertiary/aromatic N) is 1. The van der Waals surface area contributed by atoms with E-state index in [2.05, 4.69) is 6.58 Å². The van der Waals surface area contributed by atoms with E-state index in [0.717, 1.165) is 4.90 Å². The predicted molar refractivity (Wildman–Crippen MR) is 51.1 cm³/mol. The van der Waals surface area contributed by atoms with Crippen LogP contribution in [0.25, 0.3) is 0 Å². The Morgan fingerprint density at radius 3 is 2.47 bits per heavy atom. The van der Waals surface area contributed by atoms with Crippen molar-refractivity contribution in [3.8, 4) is 0 Å². The summed E-state index contributed by atoms with van der Waals surface area (Å²) in [5.41, 5.74) is 5.17. The van der Waals surface area contributed by atoms with Crippen molar-refractivity contribution in [1.82, 2.24) is 4.90 Å². The highest BCUT2D eigenvalue weighted by Gasteiger charge is 2.32. The second kappa shape index (κ2) is 6.44. The summed E-state index contributed by atoms with van der Waals surface area (Å²) in [6.45, 7) is 2.27. The number of nitrogens with two attached hydrogens (primary N) is 1. The minimum Gasteiger partial charge on any atom is -0.330 e. The van der Waals surface area contributed by atoms with E-state index in [1.165, 1.54) is 6.08 Å².